The highest BCUT2D eigenvalue weighted by atomic mass is 16.5. The average molecular weight is 232 g/mol. The van der Waals surface area contributed by atoms with Gasteiger partial charge in [0.1, 0.15) is 0 Å². The quantitative estimate of drug-likeness (QED) is 0.849. The molecule has 1 saturated carbocycles. The van der Waals surface area contributed by atoms with Gasteiger partial charge in [-0.05, 0) is 29.9 Å². The lowest BCUT2D eigenvalue weighted by Gasteiger charge is -2.34. The molecule has 2 aliphatic rings. The van der Waals surface area contributed by atoms with Gasteiger partial charge >= 0.3 is 0 Å². The molecule has 1 aromatic rings. The largest absolute Gasteiger partial charge is 0.385 e. The van der Waals surface area contributed by atoms with Crippen molar-refractivity contribution in [2.75, 3.05) is 13.2 Å². The highest BCUT2D eigenvalue weighted by molar-refractivity contribution is 5.31. The van der Waals surface area contributed by atoms with Gasteiger partial charge in [-0.15, -0.1) is 0 Å². The summed E-state index contributed by atoms with van der Waals surface area (Å²) in [5.41, 5.74) is 1.84. The van der Waals surface area contributed by atoms with Crippen molar-refractivity contribution in [3.8, 4) is 0 Å². The van der Waals surface area contributed by atoms with Crippen molar-refractivity contribution < 1.29 is 9.84 Å². The van der Waals surface area contributed by atoms with Gasteiger partial charge in [0, 0.05) is 26.1 Å². The first-order valence-corrected chi connectivity index (χ1v) is 6.68. The van der Waals surface area contributed by atoms with Gasteiger partial charge in [-0.3, -0.25) is 0 Å². The summed E-state index contributed by atoms with van der Waals surface area (Å²) < 4.78 is 5.34. The number of benzene rings is 1. The minimum atomic E-state index is -0.655. The molecule has 1 N–H and O–H groups in total. The van der Waals surface area contributed by atoms with Crippen LogP contribution in [0.25, 0.3) is 0 Å². The van der Waals surface area contributed by atoms with E-state index in [1.54, 1.807) is 0 Å². The Morgan fingerprint density at radius 2 is 1.94 bits per heavy atom. The molecule has 0 unspecified atom stereocenters. The lowest BCUT2D eigenvalue weighted by atomic mass is 9.77. The second kappa shape index (κ2) is 4.43. The predicted octanol–water partition coefficient (Wildman–Crippen LogP) is 2.95. The summed E-state index contributed by atoms with van der Waals surface area (Å²) in [5, 5.41) is 10.7. The second-order valence-electron chi connectivity index (χ2n) is 5.40. The van der Waals surface area contributed by atoms with E-state index in [4.69, 9.17) is 4.74 Å². The average Bonchev–Trinajstić information content (AvgIpc) is 2.28. The maximum Gasteiger partial charge on any atom is 0.0940 e. The third-order valence-corrected chi connectivity index (χ3v) is 4.32. The van der Waals surface area contributed by atoms with Crippen molar-refractivity contribution in [3.05, 3.63) is 35.4 Å². The van der Waals surface area contributed by atoms with E-state index in [1.807, 2.05) is 0 Å². The van der Waals surface area contributed by atoms with E-state index in [1.165, 1.54) is 24.8 Å². The molecule has 1 heterocycles. The highest BCUT2D eigenvalue weighted by Gasteiger charge is 2.32. The fraction of sp³-hybridized carbons (Fsp3) is 0.600. The Labute approximate surface area is 103 Å². The number of hydrogen-bond donors (Lipinski definition) is 1. The normalized spacial score (nSPS) is 24.3. The Bertz CT molecular complexity index is 390. The van der Waals surface area contributed by atoms with Crippen LogP contribution >= 0.6 is 0 Å². The molecule has 17 heavy (non-hydrogen) atoms. The van der Waals surface area contributed by atoms with Crippen LogP contribution in [-0.4, -0.2) is 18.3 Å². The monoisotopic (exact) mass is 232 g/mol. The van der Waals surface area contributed by atoms with Crippen molar-refractivity contribution >= 4 is 0 Å². The van der Waals surface area contributed by atoms with Crippen LogP contribution in [0.15, 0.2) is 24.3 Å². The number of aliphatic hydroxyl groups is 1. The van der Waals surface area contributed by atoms with Crippen molar-refractivity contribution in [2.24, 2.45) is 0 Å². The molecule has 0 aromatic heterocycles. The smallest absolute Gasteiger partial charge is 0.0940 e. The zero-order valence-electron chi connectivity index (χ0n) is 10.2. The maximum absolute atomic E-state index is 10.7. The minimum Gasteiger partial charge on any atom is -0.385 e. The molecule has 0 spiro atoms. The Kier molecular flexibility index (Phi) is 2.93. The lowest BCUT2D eigenvalue weighted by Crippen LogP contribution is -2.33. The SMILES string of the molecule is OC1(c2cccc(C3CCC3)c2)CCOCC1. The fourth-order valence-corrected chi connectivity index (χ4v) is 2.82. The topological polar surface area (TPSA) is 29.5 Å². The number of hydrogen-bond acceptors (Lipinski definition) is 2. The molecule has 1 aliphatic heterocycles. The van der Waals surface area contributed by atoms with Gasteiger partial charge in [-0.2, -0.15) is 0 Å². The summed E-state index contributed by atoms with van der Waals surface area (Å²) in [4.78, 5) is 0. The van der Waals surface area contributed by atoms with Crippen LogP contribution in [-0.2, 0) is 10.3 Å². The maximum atomic E-state index is 10.7. The molecule has 92 valence electrons. The van der Waals surface area contributed by atoms with E-state index >= 15 is 0 Å². The molecule has 2 fully saturated rings. The van der Waals surface area contributed by atoms with Crippen LogP contribution in [0.3, 0.4) is 0 Å². The van der Waals surface area contributed by atoms with Crippen LogP contribution < -0.4 is 0 Å². The van der Waals surface area contributed by atoms with Crippen molar-refractivity contribution in [3.63, 3.8) is 0 Å². The van der Waals surface area contributed by atoms with Gasteiger partial charge in [0.2, 0.25) is 0 Å². The molecule has 2 heteroatoms. The van der Waals surface area contributed by atoms with Gasteiger partial charge < -0.3 is 9.84 Å². The van der Waals surface area contributed by atoms with E-state index in [2.05, 4.69) is 24.3 Å². The molecule has 1 saturated heterocycles. The van der Waals surface area contributed by atoms with Crippen LogP contribution in [0, 0.1) is 0 Å². The molecule has 0 bridgehead atoms. The molecule has 2 nitrogen and oxygen atoms in total. The zero-order chi connectivity index (χ0) is 11.7. The molecule has 1 aliphatic carbocycles. The second-order valence-corrected chi connectivity index (χ2v) is 5.40. The van der Waals surface area contributed by atoms with E-state index in [0.717, 1.165) is 24.3 Å². The summed E-state index contributed by atoms with van der Waals surface area (Å²) in [5.74, 6) is 0.735. The summed E-state index contributed by atoms with van der Waals surface area (Å²) in [6.45, 7) is 1.34. The van der Waals surface area contributed by atoms with Crippen molar-refractivity contribution in [1.82, 2.24) is 0 Å². The van der Waals surface area contributed by atoms with Crippen LogP contribution in [0.4, 0.5) is 0 Å². The molecular weight excluding hydrogens is 212 g/mol. The van der Waals surface area contributed by atoms with E-state index < -0.39 is 5.60 Å². The van der Waals surface area contributed by atoms with E-state index in [0.29, 0.717) is 13.2 Å². The van der Waals surface area contributed by atoms with Crippen molar-refractivity contribution in [2.45, 2.75) is 43.6 Å². The molecule has 0 atom stereocenters. The van der Waals surface area contributed by atoms with Crippen LogP contribution in [0.5, 0.6) is 0 Å². The predicted molar refractivity (Wildman–Crippen MR) is 67.0 cm³/mol. The Morgan fingerprint density at radius 1 is 1.18 bits per heavy atom. The van der Waals surface area contributed by atoms with Gasteiger partial charge in [-0.1, -0.05) is 30.7 Å². The summed E-state index contributed by atoms with van der Waals surface area (Å²) >= 11 is 0. The summed E-state index contributed by atoms with van der Waals surface area (Å²) in [6, 6.07) is 8.58. The van der Waals surface area contributed by atoms with Crippen molar-refractivity contribution in [1.29, 1.82) is 0 Å². The van der Waals surface area contributed by atoms with E-state index in [9.17, 15) is 5.11 Å². The molecule has 1 aromatic carbocycles. The standard InChI is InChI=1S/C15H20O2/c16-15(7-9-17-10-8-15)14-6-2-5-13(11-14)12-3-1-4-12/h2,5-6,11-12,16H,1,3-4,7-10H2. The summed E-state index contributed by atoms with van der Waals surface area (Å²) in [7, 11) is 0. The Hall–Kier alpha value is -0.860. The first-order valence-electron chi connectivity index (χ1n) is 6.68. The minimum absolute atomic E-state index is 0.655. The first-order chi connectivity index (χ1) is 8.28. The van der Waals surface area contributed by atoms with Gasteiger partial charge in [0.05, 0.1) is 5.60 Å². The van der Waals surface area contributed by atoms with Gasteiger partial charge in [-0.25, -0.2) is 0 Å². The third kappa shape index (κ3) is 2.12. The van der Waals surface area contributed by atoms with Gasteiger partial charge in [0.25, 0.3) is 0 Å². The molecule has 0 radical (unpaired) electrons. The fourth-order valence-electron chi connectivity index (χ4n) is 2.82. The summed E-state index contributed by atoms with van der Waals surface area (Å²) in [6.07, 6.45) is 5.42. The number of rotatable bonds is 2. The molecule has 0 amide bonds. The first kappa shape index (κ1) is 11.2. The molecule has 3 rings (SSSR count). The van der Waals surface area contributed by atoms with Crippen LogP contribution in [0.1, 0.15) is 49.1 Å². The zero-order valence-corrected chi connectivity index (χ0v) is 10.2. The third-order valence-electron chi connectivity index (χ3n) is 4.32. The lowest BCUT2D eigenvalue weighted by molar-refractivity contribution is -0.0679. The van der Waals surface area contributed by atoms with Gasteiger partial charge in [0.15, 0.2) is 0 Å². The highest BCUT2D eigenvalue weighted by Crippen LogP contribution is 2.39. The molecular formula is C15H20O2. The Balaban J connectivity index is 1.86. The van der Waals surface area contributed by atoms with Crippen LogP contribution in [0.2, 0.25) is 0 Å². The van der Waals surface area contributed by atoms with E-state index in [-0.39, 0.29) is 0 Å². The number of ether oxygens (including phenoxy) is 1. The Morgan fingerprint density at radius 3 is 2.59 bits per heavy atom.